The van der Waals surface area contributed by atoms with Gasteiger partial charge in [0.05, 0.1) is 22.2 Å². The van der Waals surface area contributed by atoms with Gasteiger partial charge < -0.3 is 4.74 Å². The number of ether oxygens (including phenoxy) is 1. The van der Waals surface area contributed by atoms with Crippen LogP contribution in [0.4, 0.5) is 5.69 Å². The third-order valence-corrected chi connectivity index (χ3v) is 6.51. The Bertz CT molecular complexity index is 1290. The predicted molar refractivity (Wildman–Crippen MR) is 138 cm³/mol. The largest absolute Gasteiger partial charge is 0.489 e. The van der Waals surface area contributed by atoms with Gasteiger partial charge in [0.1, 0.15) is 12.4 Å². The van der Waals surface area contributed by atoms with Crippen LogP contribution in [0.2, 0.25) is 0 Å². The van der Waals surface area contributed by atoms with E-state index in [-0.39, 0.29) is 5.91 Å². The molecule has 0 aliphatic carbocycles. The molecule has 3 aromatic carbocycles. The zero-order valence-electron chi connectivity index (χ0n) is 19.2. The van der Waals surface area contributed by atoms with Gasteiger partial charge in [-0.3, -0.25) is 9.69 Å². The van der Waals surface area contributed by atoms with Crippen LogP contribution in [0.3, 0.4) is 0 Å². The molecule has 0 saturated carbocycles. The lowest BCUT2D eigenvalue weighted by molar-refractivity contribution is -0.122. The number of thioether (sulfide) groups is 1. The average molecular weight is 468 g/mol. The highest BCUT2D eigenvalue weighted by Gasteiger charge is 2.32. The van der Waals surface area contributed by atoms with Crippen LogP contribution in [-0.2, 0) is 17.8 Å². The Morgan fingerprint density at radius 3 is 2.41 bits per heavy atom. The molecule has 0 N–H and O–H groups in total. The maximum Gasteiger partial charge on any atom is 0.266 e. The van der Waals surface area contributed by atoms with Crippen molar-refractivity contribution >= 4 is 34.6 Å². The van der Waals surface area contributed by atoms with Gasteiger partial charge in [-0.1, -0.05) is 55.5 Å². The number of hydrogen-bond donors (Lipinski definition) is 0. The Kier molecular flexibility index (Phi) is 7.46. The van der Waals surface area contributed by atoms with Crippen molar-refractivity contribution < 1.29 is 9.53 Å². The summed E-state index contributed by atoms with van der Waals surface area (Å²) in [7, 11) is 0. The second kappa shape index (κ2) is 10.9. The van der Waals surface area contributed by atoms with Crippen molar-refractivity contribution in [2.75, 3.05) is 6.54 Å². The molecule has 5 nitrogen and oxygen atoms in total. The number of nitriles is 1. The number of amidine groups is 1. The molecule has 0 radical (unpaired) electrons. The van der Waals surface area contributed by atoms with E-state index in [0.29, 0.717) is 34.5 Å². The SMILES string of the molecule is CCc1ccccc1N=C1S/C(=C/c2ccc(OCc3ccccc3C#N)cc2)C(=O)N1CC. The molecule has 1 heterocycles. The van der Waals surface area contributed by atoms with E-state index in [1.807, 2.05) is 73.7 Å². The van der Waals surface area contributed by atoms with Crippen molar-refractivity contribution in [3.8, 4) is 11.8 Å². The third kappa shape index (κ3) is 5.22. The van der Waals surface area contributed by atoms with E-state index >= 15 is 0 Å². The quantitative estimate of drug-likeness (QED) is 0.381. The minimum absolute atomic E-state index is 0.0336. The molecule has 0 atom stereocenters. The monoisotopic (exact) mass is 467 g/mol. The molecule has 0 aromatic heterocycles. The molecule has 1 aliphatic rings. The summed E-state index contributed by atoms with van der Waals surface area (Å²) in [5.74, 6) is 0.669. The number of hydrogen-bond acceptors (Lipinski definition) is 5. The van der Waals surface area contributed by atoms with Gasteiger partial charge in [0.25, 0.3) is 5.91 Å². The van der Waals surface area contributed by atoms with Crippen molar-refractivity contribution in [1.82, 2.24) is 4.90 Å². The van der Waals surface area contributed by atoms with E-state index in [0.717, 1.165) is 28.8 Å². The molecule has 4 rings (SSSR count). The van der Waals surface area contributed by atoms with Crippen LogP contribution in [0.1, 0.15) is 36.1 Å². The Balaban J connectivity index is 1.49. The van der Waals surface area contributed by atoms with Crippen LogP contribution in [-0.4, -0.2) is 22.5 Å². The van der Waals surface area contributed by atoms with Crippen LogP contribution in [0, 0.1) is 11.3 Å². The highest BCUT2D eigenvalue weighted by Crippen LogP contribution is 2.35. The number of aliphatic imine (C=N–C) groups is 1. The number of rotatable bonds is 7. The first-order chi connectivity index (χ1) is 16.6. The standard InChI is InChI=1S/C28H25N3O2S/c1-3-21-9-7-8-12-25(21)30-28-31(4-2)27(32)26(34-28)17-20-13-15-24(16-14-20)33-19-23-11-6-5-10-22(23)18-29/h5-17H,3-4,19H2,1-2H3/b26-17+,30-28?. The summed E-state index contributed by atoms with van der Waals surface area (Å²) >= 11 is 1.40. The number of carbonyl (C=O) groups excluding carboxylic acids is 1. The second-order valence-electron chi connectivity index (χ2n) is 7.66. The lowest BCUT2D eigenvalue weighted by Gasteiger charge is -2.12. The first kappa shape index (κ1) is 23.3. The molecule has 0 bridgehead atoms. The Morgan fingerprint density at radius 1 is 1.00 bits per heavy atom. The summed E-state index contributed by atoms with van der Waals surface area (Å²) in [5.41, 5.74) is 4.43. The smallest absolute Gasteiger partial charge is 0.266 e. The summed E-state index contributed by atoms with van der Waals surface area (Å²) < 4.78 is 5.85. The number of amides is 1. The molecule has 6 heteroatoms. The van der Waals surface area contributed by atoms with Gasteiger partial charge in [0.2, 0.25) is 0 Å². The molecular formula is C28H25N3O2S. The van der Waals surface area contributed by atoms with Crippen LogP contribution < -0.4 is 4.74 Å². The van der Waals surface area contributed by atoms with E-state index in [2.05, 4.69) is 19.1 Å². The predicted octanol–water partition coefficient (Wildman–Crippen LogP) is 6.32. The maximum absolute atomic E-state index is 13.0. The Morgan fingerprint density at radius 2 is 1.71 bits per heavy atom. The van der Waals surface area contributed by atoms with Gasteiger partial charge in [0.15, 0.2) is 5.17 Å². The molecule has 1 fully saturated rings. The Labute approximate surface area is 204 Å². The zero-order chi connectivity index (χ0) is 23.9. The van der Waals surface area contributed by atoms with Gasteiger partial charge in [0, 0.05) is 12.1 Å². The van der Waals surface area contributed by atoms with Gasteiger partial charge in [-0.2, -0.15) is 5.26 Å². The van der Waals surface area contributed by atoms with E-state index in [9.17, 15) is 10.1 Å². The lowest BCUT2D eigenvalue weighted by Crippen LogP contribution is -2.28. The van der Waals surface area contributed by atoms with Gasteiger partial charge in [-0.25, -0.2) is 4.99 Å². The summed E-state index contributed by atoms with van der Waals surface area (Å²) in [5, 5.41) is 9.92. The van der Waals surface area contributed by atoms with Crippen LogP contribution in [0.25, 0.3) is 6.08 Å². The molecule has 170 valence electrons. The lowest BCUT2D eigenvalue weighted by atomic mass is 10.1. The van der Waals surface area contributed by atoms with E-state index < -0.39 is 0 Å². The third-order valence-electron chi connectivity index (χ3n) is 5.50. The molecule has 0 unspecified atom stereocenters. The number of aryl methyl sites for hydroxylation is 1. The Hall–Kier alpha value is -3.82. The van der Waals surface area contributed by atoms with Gasteiger partial charge in [-0.05, 0) is 66.6 Å². The molecule has 3 aromatic rings. The normalized spacial score (nSPS) is 15.7. The first-order valence-electron chi connectivity index (χ1n) is 11.2. The van der Waals surface area contributed by atoms with Crippen molar-refractivity contribution in [2.45, 2.75) is 26.9 Å². The first-order valence-corrected chi connectivity index (χ1v) is 12.0. The van der Waals surface area contributed by atoms with Gasteiger partial charge in [-0.15, -0.1) is 0 Å². The summed E-state index contributed by atoms with van der Waals surface area (Å²) in [6.07, 6.45) is 2.77. The van der Waals surface area contributed by atoms with E-state index in [4.69, 9.17) is 9.73 Å². The second-order valence-corrected chi connectivity index (χ2v) is 8.67. The number of nitrogens with zero attached hydrogens (tertiary/aromatic N) is 3. The van der Waals surface area contributed by atoms with Crippen molar-refractivity contribution in [2.24, 2.45) is 4.99 Å². The summed E-state index contributed by atoms with van der Waals surface area (Å²) in [6.45, 7) is 4.94. The zero-order valence-corrected chi connectivity index (χ0v) is 20.0. The highest BCUT2D eigenvalue weighted by molar-refractivity contribution is 8.18. The van der Waals surface area contributed by atoms with Crippen molar-refractivity contribution in [3.05, 3.63) is 100.0 Å². The number of para-hydroxylation sites is 1. The van der Waals surface area contributed by atoms with Crippen LogP contribution in [0.5, 0.6) is 5.75 Å². The molecule has 1 saturated heterocycles. The average Bonchev–Trinajstić information content (AvgIpc) is 3.17. The fourth-order valence-corrected chi connectivity index (χ4v) is 4.68. The number of carbonyl (C=O) groups is 1. The van der Waals surface area contributed by atoms with Crippen LogP contribution >= 0.6 is 11.8 Å². The van der Waals surface area contributed by atoms with Crippen molar-refractivity contribution in [3.63, 3.8) is 0 Å². The highest BCUT2D eigenvalue weighted by atomic mass is 32.2. The molecular weight excluding hydrogens is 442 g/mol. The van der Waals surface area contributed by atoms with Crippen molar-refractivity contribution in [1.29, 1.82) is 5.26 Å². The van der Waals surface area contributed by atoms with E-state index in [1.165, 1.54) is 11.8 Å². The minimum Gasteiger partial charge on any atom is -0.489 e. The number of benzene rings is 3. The summed E-state index contributed by atoms with van der Waals surface area (Å²) in [6, 6.07) is 25.2. The molecule has 1 amide bonds. The minimum atomic E-state index is -0.0336. The summed E-state index contributed by atoms with van der Waals surface area (Å²) in [4.78, 5) is 20.2. The fraction of sp³-hybridized carbons (Fsp3) is 0.179. The van der Waals surface area contributed by atoms with Crippen LogP contribution in [0.15, 0.2) is 82.7 Å². The topological polar surface area (TPSA) is 65.7 Å². The molecule has 0 spiro atoms. The van der Waals surface area contributed by atoms with Gasteiger partial charge >= 0.3 is 0 Å². The maximum atomic E-state index is 13.0. The van der Waals surface area contributed by atoms with E-state index in [1.54, 1.807) is 11.0 Å². The number of likely N-dealkylation sites (N-methyl/N-ethyl adjacent to an activating group) is 1. The molecule has 34 heavy (non-hydrogen) atoms. The fourth-order valence-electron chi connectivity index (χ4n) is 3.62. The molecule has 1 aliphatic heterocycles.